The molecule has 5 heteroatoms. The Hall–Kier alpha value is -2.82. The Labute approximate surface area is 153 Å². The number of carbonyl (C=O) groups is 2. The maximum atomic E-state index is 12.6. The van der Waals surface area contributed by atoms with Gasteiger partial charge in [-0.05, 0) is 43.2 Å². The molecule has 0 aromatic heterocycles. The minimum absolute atomic E-state index is 0.0851. The van der Waals surface area contributed by atoms with Crippen molar-refractivity contribution in [1.29, 1.82) is 0 Å². The molecule has 1 spiro atoms. The first-order chi connectivity index (χ1) is 12.5. The molecule has 2 aliphatic heterocycles. The lowest BCUT2D eigenvalue weighted by Gasteiger charge is -2.24. The minimum Gasteiger partial charge on any atom is -0.324 e. The van der Waals surface area contributed by atoms with Crippen molar-refractivity contribution in [3.8, 4) is 0 Å². The van der Waals surface area contributed by atoms with Gasteiger partial charge in [0.15, 0.2) is 0 Å². The predicted molar refractivity (Wildman–Crippen MR) is 102 cm³/mol. The molecule has 4 rings (SSSR count). The van der Waals surface area contributed by atoms with E-state index in [1.165, 1.54) is 0 Å². The van der Waals surface area contributed by atoms with Crippen molar-refractivity contribution in [3.05, 3.63) is 60.2 Å². The third-order valence-corrected chi connectivity index (χ3v) is 5.38. The summed E-state index contributed by atoms with van der Waals surface area (Å²) in [6.07, 6.45) is 1.37. The van der Waals surface area contributed by atoms with E-state index in [9.17, 15) is 9.59 Å². The van der Waals surface area contributed by atoms with Gasteiger partial charge in [-0.2, -0.15) is 0 Å². The van der Waals surface area contributed by atoms with Crippen LogP contribution < -0.4 is 10.2 Å². The van der Waals surface area contributed by atoms with Crippen molar-refractivity contribution in [2.24, 2.45) is 5.41 Å². The third-order valence-electron chi connectivity index (χ3n) is 5.38. The van der Waals surface area contributed by atoms with Crippen LogP contribution in [0.5, 0.6) is 0 Å². The van der Waals surface area contributed by atoms with Gasteiger partial charge in [0, 0.05) is 42.8 Å². The lowest BCUT2D eigenvalue weighted by molar-refractivity contribution is -0.117. The van der Waals surface area contributed by atoms with Crippen molar-refractivity contribution >= 4 is 23.3 Å². The summed E-state index contributed by atoms with van der Waals surface area (Å²) in [5.41, 5.74) is 2.73. The smallest absolute Gasteiger partial charge is 0.321 e. The average Bonchev–Trinajstić information content (AvgIpc) is 3.19. The van der Waals surface area contributed by atoms with Crippen molar-refractivity contribution in [2.75, 3.05) is 29.9 Å². The van der Waals surface area contributed by atoms with E-state index in [0.717, 1.165) is 23.4 Å². The number of para-hydroxylation sites is 1. The van der Waals surface area contributed by atoms with Gasteiger partial charge in [-0.3, -0.25) is 4.79 Å². The topological polar surface area (TPSA) is 52.7 Å². The molecule has 0 bridgehead atoms. The maximum Gasteiger partial charge on any atom is 0.321 e. The molecule has 2 saturated heterocycles. The fourth-order valence-corrected chi connectivity index (χ4v) is 4.05. The number of hydrogen-bond acceptors (Lipinski definition) is 2. The number of nitrogens with one attached hydrogen (secondary N) is 1. The van der Waals surface area contributed by atoms with Crippen LogP contribution in [0.4, 0.5) is 16.2 Å². The molecule has 2 aromatic rings. The zero-order chi connectivity index (χ0) is 18.1. The standard InChI is InChI=1S/C21H23N3O2/c1-16-6-5-7-17(12-16)22-20(26)23-11-10-21(14-23)13-19(25)24(15-21)18-8-3-2-4-9-18/h2-9,12H,10-11,13-15H2,1H3,(H,22,26)/t21-/m0/s1. The lowest BCUT2D eigenvalue weighted by atomic mass is 9.86. The zero-order valence-corrected chi connectivity index (χ0v) is 14.9. The highest BCUT2D eigenvalue weighted by atomic mass is 16.2. The number of nitrogens with zero attached hydrogens (tertiary/aromatic N) is 2. The molecule has 2 aromatic carbocycles. The molecule has 2 aliphatic rings. The summed E-state index contributed by atoms with van der Waals surface area (Å²) in [5.74, 6) is 0.150. The van der Waals surface area contributed by atoms with Crippen molar-refractivity contribution in [2.45, 2.75) is 19.8 Å². The maximum absolute atomic E-state index is 12.6. The molecular formula is C21H23N3O2. The summed E-state index contributed by atoms with van der Waals surface area (Å²) in [6.45, 7) is 4.00. The van der Waals surface area contributed by atoms with E-state index in [1.54, 1.807) is 0 Å². The van der Waals surface area contributed by atoms with Crippen LogP contribution >= 0.6 is 0 Å². The zero-order valence-electron chi connectivity index (χ0n) is 14.9. The van der Waals surface area contributed by atoms with E-state index in [-0.39, 0.29) is 17.4 Å². The third kappa shape index (κ3) is 3.17. The van der Waals surface area contributed by atoms with E-state index in [2.05, 4.69) is 5.32 Å². The Morgan fingerprint density at radius 3 is 2.65 bits per heavy atom. The molecule has 26 heavy (non-hydrogen) atoms. The first-order valence-electron chi connectivity index (χ1n) is 9.03. The van der Waals surface area contributed by atoms with Crippen LogP contribution in [0.15, 0.2) is 54.6 Å². The number of amides is 3. The summed E-state index contributed by atoms with van der Waals surface area (Å²) in [5, 5.41) is 2.97. The van der Waals surface area contributed by atoms with Crippen LogP contribution in [0.1, 0.15) is 18.4 Å². The number of anilines is 2. The van der Waals surface area contributed by atoms with Gasteiger partial charge in [-0.25, -0.2) is 4.79 Å². The number of likely N-dealkylation sites (tertiary alicyclic amines) is 1. The normalized spacial score (nSPS) is 22.3. The Bertz CT molecular complexity index is 836. The number of urea groups is 1. The van der Waals surface area contributed by atoms with Crippen molar-refractivity contribution in [1.82, 2.24) is 4.90 Å². The van der Waals surface area contributed by atoms with Crippen LogP contribution in [0, 0.1) is 12.3 Å². The highest BCUT2D eigenvalue weighted by Gasteiger charge is 2.48. The van der Waals surface area contributed by atoms with Gasteiger partial charge in [0.1, 0.15) is 0 Å². The second-order valence-corrected chi connectivity index (χ2v) is 7.46. The van der Waals surface area contributed by atoms with Gasteiger partial charge in [-0.1, -0.05) is 30.3 Å². The van der Waals surface area contributed by atoms with E-state index < -0.39 is 0 Å². The molecule has 0 saturated carbocycles. The molecule has 134 valence electrons. The van der Waals surface area contributed by atoms with Crippen LogP contribution in [-0.2, 0) is 4.79 Å². The summed E-state index contributed by atoms with van der Waals surface area (Å²) in [7, 11) is 0. The number of benzene rings is 2. The number of rotatable bonds is 2. The summed E-state index contributed by atoms with van der Waals surface area (Å²) in [4.78, 5) is 28.9. The van der Waals surface area contributed by atoms with Gasteiger partial charge < -0.3 is 15.1 Å². The van der Waals surface area contributed by atoms with E-state index >= 15 is 0 Å². The molecule has 0 radical (unpaired) electrons. The average molecular weight is 349 g/mol. The Morgan fingerprint density at radius 1 is 1.08 bits per heavy atom. The fraction of sp³-hybridized carbons (Fsp3) is 0.333. The van der Waals surface area contributed by atoms with Gasteiger partial charge >= 0.3 is 6.03 Å². The molecular weight excluding hydrogens is 326 g/mol. The molecule has 5 nitrogen and oxygen atoms in total. The van der Waals surface area contributed by atoms with Gasteiger partial charge in [-0.15, -0.1) is 0 Å². The summed E-state index contributed by atoms with van der Waals surface area (Å²) in [6, 6.07) is 17.5. The molecule has 3 amide bonds. The molecule has 1 N–H and O–H groups in total. The Balaban J connectivity index is 1.43. The second-order valence-electron chi connectivity index (χ2n) is 7.46. The Morgan fingerprint density at radius 2 is 1.88 bits per heavy atom. The molecule has 0 unspecified atom stereocenters. The first-order valence-corrected chi connectivity index (χ1v) is 9.03. The van der Waals surface area contributed by atoms with E-state index in [1.807, 2.05) is 71.3 Å². The summed E-state index contributed by atoms with van der Waals surface area (Å²) >= 11 is 0. The van der Waals surface area contributed by atoms with Crippen molar-refractivity contribution in [3.63, 3.8) is 0 Å². The SMILES string of the molecule is Cc1cccc(NC(=O)N2CC[C@]3(CC(=O)N(c4ccccc4)C3)C2)c1. The van der Waals surface area contributed by atoms with Crippen LogP contribution in [0.25, 0.3) is 0 Å². The summed E-state index contributed by atoms with van der Waals surface area (Å²) < 4.78 is 0. The van der Waals surface area contributed by atoms with Gasteiger partial charge in [0.25, 0.3) is 0 Å². The molecule has 2 heterocycles. The number of aryl methyl sites for hydroxylation is 1. The van der Waals surface area contributed by atoms with Crippen molar-refractivity contribution < 1.29 is 9.59 Å². The first kappa shape index (κ1) is 16.6. The van der Waals surface area contributed by atoms with Crippen LogP contribution in [-0.4, -0.2) is 36.5 Å². The Kier molecular flexibility index (Phi) is 4.15. The van der Waals surface area contributed by atoms with Gasteiger partial charge in [0.05, 0.1) is 0 Å². The number of hydrogen-bond donors (Lipinski definition) is 1. The monoisotopic (exact) mass is 349 g/mol. The van der Waals surface area contributed by atoms with Crippen LogP contribution in [0.2, 0.25) is 0 Å². The molecule has 0 aliphatic carbocycles. The quantitative estimate of drug-likeness (QED) is 0.900. The molecule has 2 fully saturated rings. The largest absolute Gasteiger partial charge is 0.324 e. The fourth-order valence-electron chi connectivity index (χ4n) is 4.05. The lowest BCUT2D eigenvalue weighted by Crippen LogP contribution is -2.36. The van der Waals surface area contributed by atoms with E-state index in [0.29, 0.717) is 26.1 Å². The number of carbonyl (C=O) groups excluding carboxylic acids is 2. The molecule has 1 atom stereocenters. The highest BCUT2D eigenvalue weighted by molar-refractivity contribution is 5.97. The predicted octanol–water partition coefficient (Wildman–Crippen LogP) is 3.66. The van der Waals surface area contributed by atoms with Gasteiger partial charge in [0.2, 0.25) is 5.91 Å². The highest BCUT2D eigenvalue weighted by Crippen LogP contribution is 2.41. The van der Waals surface area contributed by atoms with E-state index in [4.69, 9.17) is 0 Å². The minimum atomic E-state index is -0.128. The van der Waals surface area contributed by atoms with Crippen LogP contribution in [0.3, 0.4) is 0 Å². The second kappa shape index (κ2) is 6.48.